The Hall–Kier alpha value is -2.63. The van der Waals surface area contributed by atoms with Gasteiger partial charge in [-0.3, -0.25) is 0 Å². The van der Waals surface area contributed by atoms with E-state index >= 15 is 0 Å². The largest absolute Gasteiger partial charge is 0.464 e. The number of halogens is 4. The molecule has 0 saturated heterocycles. The fourth-order valence-electron chi connectivity index (χ4n) is 3.78. The third-order valence-electron chi connectivity index (χ3n) is 5.15. The lowest BCUT2D eigenvalue weighted by Gasteiger charge is -2.38. The number of nitrogens with zero attached hydrogens (tertiary/aromatic N) is 2. The van der Waals surface area contributed by atoms with E-state index in [1.54, 1.807) is 29.3 Å². The second kappa shape index (κ2) is 7.01. The summed E-state index contributed by atoms with van der Waals surface area (Å²) < 4.78 is 33.5. The number of fused-ring (bicyclic) bond motifs is 3. The minimum Gasteiger partial charge on any atom is -0.464 e. The molecule has 0 spiro atoms. The molecule has 0 bridgehead atoms. The maximum absolute atomic E-state index is 14.0. The molecule has 7 heteroatoms. The Morgan fingerprint density at radius 1 is 0.897 bits per heavy atom. The third kappa shape index (κ3) is 3.24. The molecular weight excluding hydrogens is 417 g/mol. The second-order valence-corrected chi connectivity index (χ2v) is 7.82. The van der Waals surface area contributed by atoms with Crippen LogP contribution in [0.3, 0.4) is 0 Å². The summed E-state index contributed by atoms with van der Waals surface area (Å²) in [6, 6.07) is 15.6. The summed E-state index contributed by atoms with van der Waals surface area (Å²) in [5, 5.41) is 7.50. The molecule has 2 heterocycles. The minimum atomic E-state index is -0.699. The van der Waals surface area contributed by atoms with E-state index in [-0.39, 0.29) is 11.9 Å². The van der Waals surface area contributed by atoms with Crippen LogP contribution < -0.4 is 4.74 Å². The molecule has 2 atom stereocenters. The predicted octanol–water partition coefficient (Wildman–Crippen LogP) is 6.51. The van der Waals surface area contributed by atoms with Gasteiger partial charge in [-0.2, -0.15) is 5.10 Å². The first kappa shape index (κ1) is 18.4. The van der Waals surface area contributed by atoms with Gasteiger partial charge >= 0.3 is 0 Å². The Bertz CT molecular complexity index is 1130. The molecule has 0 aliphatic carbocycles. The summed E-state index contributed by atoms with van der Waals surface area (Å²) in [5.41, 5.74) is 2.97. The van der Waals surface area contributed by atoms with Crippen LogP contribution in [0.2, 0.25) is 10.0 Å². The standard InChI is InChI=1S/C22H14Cl2F2N2O/c23-13-3-8-21-17(9-13)20-11-19(12-1-4-14(25)5-2-12)27-28(20)22(29-21)16-10-15(26)6-7-18(16)24/h1-10,20,22H,11H2/t20-,22-/m0/s1. The van der Waals surface area contributed by atoms with E-state index in [0.29, 0.717) is 27.8 Å². The summed E-state index contributed by atoms with van der Waals surface area (Å²) in [6.45, 7) is 0. The summed E-state index contributed by atoms with van der Waals surface area (Å²) in [5.74, 6) is -0.0696. The monoisotopic (exact) mass is 430 g/mol. The lowest BCUT2D eigenvalue weighted by molar-refractivity contribution is -0.0191. The van der Waals surface area contributed by atoms with E-state index in [0.717, 1.165) is 16.8 Å². The average Bonchev–Trinajstić information content (AvgIpc) is 3.16. The van der Waals surface area contributed by atoms with Crippen LogP contribution in [0, 0.1) is 11.6 Å². The van der Waals surface area contributed by atoms with E-state index in [2.05, 4.69) is 0 Å². The zero-order valence-corrected chi connectivity index (χ0v) is 16.5. The molecule has 5 rings (SSSR count). The van der Waals surface area contributed by atoms with Gasteiger partial charge in [0.2, 0.25) is 6.23 Å². The average molecular weight is 431 g/mol. The third-order valence-corrected chi connectivity index (χ3v) is 5.73. The molecule has 3 nitrogen and oxygen atoms in total. The summed E-state index contributed by atoms with van der Waals surface area (Å²) in [4.78, 5) is 0. The smallest absolute Gasteiger partial charge is 0.215 e. The zero-order valence-electron chi connectivity index (χ0n) is 14.9. The maximum atomic E-state index is 14.0. The van der Waals surface area contributed by atoms with Crippen molar-refractivity contribution in [2.45, 2.75) is 18.7 Å². The van der Waals surface area contributed by atoms with E-state index in [1.165, 1.54) is 30.3 Å². The molecule has 0 radical (unpaired) electrons. The quantitative estimate of drug-likeness (QED) is 0.462. The lowest BCUT2D eigenvalue weighted by atomic mass is 9.96. The van der Waals surface area contributed by atoms with E-state index in [1.807, 2.05) is 6.07 Å². The Morgan fingerprint density at radius 3 is 2.45 bits per heavy atom. The topological polar surface area (TPSA) is 24.8 Å². The van der Waals surface area contributed by atoms with Gasteiger partial charge in [0, 0.05) is 27.6 Å². The molecule has 146 valence electrons. The maximum Gasteiger partial charge on any atom is 0.215 e. The molecule has 0 N–H and O–H groups in total. The van der Waals surface area contributed by atoms with Gasteiger partial charge in [-0.25, -0.2) is 13.8 Å². The van der Waals surface area contributed by atoms with Gasteiger partial charge in [-0.05, 0) is 54.1 Å². The van der Waals surface area contributed by atoms with Crippen LogP contribution in [-0.4, -0.2) is 10.7 Å². The van der Waals surface area contributed by atoms with Gasteiger partial charge in [0.25, 0.3) is 0 Å². The van der Waals surface area contributed by atoms with E-state index in [4.69, 9.17) is 33.0 Å². The molecule has 0 saturated carbocycles. The summed E-state index contributed by atoms with van der Waals surface area (Å²) in [6.07, 6.45) is -0.124. The van der Waals surface area contributed by atoms with Crippen molar-refractivity contribution in [3.63, 3.8) is 0 Å². The highest BCUT2D eigenvalue weighted by atomic mass is 35.5. The number of rotatable bonds is 2. The van der Waals surface area contributed by atoms with Gasteiger partial charge in [0.15, 0.2) is 0 Å². The molecule has 0 fully saturated rings. The minimum absolute atomic E-state index is 0.165. The highest BCUT2D eigenvalue weighted by Crippen LogP contribution is 2.49. The van der Waals surface area contributed by atoms with Crippen molar-refractivity contribution in [1.29, 1.82) is 0 Å². The van der Waals surface area contributed by atoms with Gasteiger partial charge in [-0.15, -0.1) is 0 Å². The first-order valence-electron chi connectivity index (χ1n) is 9.02. The predicted molar refractivity (Wildman–Crippen MR) is 108 cm³/mol. The van der Waals surface area contributed by atoms with Gasteiger partial charge in [0.1, 0.15) is 17.4 Å². The SMILES string of the molecule is Fc1ccc(C2=NN3[C@@H](C2)c2cc(Cl)ccc2O[C@H]3c2cc(F)ccc2Cl)cc1. The zero-order chi connectivity index (χ0) is 20.1. The van der Waals surface area contributed by atoms with Gasteiger partial charge < -0.3 is 4.74 Å². The summed E-state index contributed by atoms with van der Waals surface area (Å²) >= 11 is 12.6. The van der Waals surface area contributed by atoms with Gasteiger partial charge in [-0.1, -0.05) is 35.3 Å². The van der Waals surface area contributed by atoms with Crippen LogP contribution in [0.1, 0.15) is 35.4 Å². The van der Waals surface area contributed by atoms with E-state index < -0.39 is 12.0 Å². The highest BCUT2D eigenvalue weighted by Gasteiger charge is 2.41. The number of benzene rings is 3. The molecule has 3 aromatic rings. The Morgan fingerprint density at radius 2 is 1.66 bits per heavy atom. The first-order chi connectivity index (χ1) is 14.0. The number of hydrogen-bond donors (Lipinski definition) is 0. The van der Waals surface area contributed by atoms with Gasteiger partial charge in [0.05, 0.1) is 11.8 Å². The summed E-state index contributed by atoms with van der Waals surface area (Å²) in [7, 11) is 0. The Labute approximate surface area is 176 Å². The van der Waals surface area contributed by atoms with Crippen molar-refractivity contribution in [2.75, 3.05) is 0 Å². The van der Waals surface area contributed by atoms with Crippen molar-refractivity contribution in [1.82, 2.24) is 5.01 Å². The molecule has 3 aromatic carbocycles. The lowest BCUT2D eigenvalue weighted by Crippen LogP contribution is -2.34. The highest BCUT2D eigenvalue weighted by molar-refractivity contribution is 6.31. The number of ether oxygens (including phenoxy) is 1. The van der Waals surface area contributed by atoms with Crippen LogP contribution in [0.5, 0.6) is 5.75 Å². The molecule has 0 unspecified atom stereocenters. The van der Waals surface area contributed by atoms with Crippen molar-refractivity contribution >= 4 is 28.9 Å². The van der Waals surface area contributed by atoms with Crippen LogP contribution in [0.15, 0.2) is 65.8 Å². The molecule has 2 aliphatic rings. The van der Waals surface area contributed by atoms with Crippen molar-refractivity contribution < 1.29 is 13.5 Å². The van der Waals surface area contributed by atoms with Crippen LogP contribution >= 0.6 is 23.2 Å². The fourth-order valence-corrected chi connectivity index (χ4v) is 4.18. The Balaban J connectivity index is 1.63. The van der Waals surface area contributed by atoms with Crippen molar-refractivity contribution in [2.24, 2.45) is 5.10 Å². The van der Waals surface area contributed by atoms with Crippen molar-refractivity contribution in [3.05, 3.63) is 99.0 Å². The Kier molecular flexibility index (Phi) is 4.45. The fraction of sp³-hybridized carbons (Fsp3) is 0.136. The number of hydrazone groups is 1. The number of hydrogen-bond acceptors (Lipinski definition) is 3. The van der Waals surface area contributed by atoms with Crippen LogP contribution in [0.25, 0.3) is 0 Å². The molecule has 29 heavy (non-hydrogen) atoms. The van der Waals surface area contributed by atoms with Crippen molar-refractivity contribution in [3.8, 4) is 5.75 Å². The van der Waals surface area contributed by atoms with E-state index in [9.17, 15) is 8.78 Å². The van der Waals surface area contributed by atoms with Crippen LogP contribution in [0.4, 0.5) is 8.78 Å². The molecule has 2 aliphatic heterocycles. The van der Waals surface area contributed by atoms with Crippen LogP contribution in [-0.2, 0) is 0 Å². The molecule has 0 amide bonds. The normalized spacial score (nSPS) is 20.0. The molecule has 0 aromatic heterocycles. The first-order valence-corrected chi connectivity index (χ1v) is 9.78. The molecular formula is C22H14Cl2F2N2O. The second-order valence-electron chi connectivity index (χ2n) is 6.97.